The predicted octanol–water partition coefficient (Wildman–Crippen LogP) is 2.80. The summed E-state index contributed by atoms with van der Waals surface area (Å²) in [7, 11) is 0. The molecule has 2 fully saturated rings. The van der Waals surface area contributed by atoms with Gasteiger partial charge in [0, 0.05) is 25.7 Å². The lowest BCUT2D eigenvalue weighted by molar-refractivity contribution is -0.136. The van der Waals surface area contributed by atoms with Gasteiger partial charge >= 0.3 is 0 Å². The highest BCUT2D eigenvalue weighted by atomic mass is 16.3. The van der Waals surface area contributed by atoms with E-state index < -0.39 is 0 Å². The number of nitrogens with zero attached hydrogens (tertiary/aromatic N) is 1. The normalized spacial score (nSPS) is 26.7. The van der Waals surface area contributed by atoms with Crippen LogP contribution in [-0.4, -0.2) is 47.7 Å². The zero-order valence-corrected chi connectivity index (χ0v) is 15.5. The molecule has 1 aliphatic carbocycles. The highest BCUT2D eigenvalue weighted by Crippen LogP contribution is 2.37. The molecule has 0 aromatic carbocycles. The second kappa shape index (κ2) is 7.98. The van der Waals surface area contributed by atoms with E-state index in [2.05, 4.69) is 33.0 Å². The van der Waals surface area contributed by atoms with Crippen molar-refractivity contribution in [2.75, 3.05) is 19.7 Å². The van der Waals surface area contributed by atoms with Crippen LogP contribution in [0.2, 0.25) is 0 Å². The molecule has 1 aliphatic heterocycles. The smallest absolute Gasteiger partial charge is 0.239 e. The molecule has 1 saturated carbocycles. The van der Waals surface area contributed by atoms with Crippen LogP contribution >= 0.6 is 0 Å². The van der Waals surface area contributed by atoms with E-state index in [9.17, 15) is 9.90 Å². The Balaban J connectivity index is 1.98. The average molecular weight is 325 g/mol. The molecule has 0 spiro atoms. The summed E-state index contributed by atoms with van der Waals surface area (Å²) in [6.45, 7) is 10.9. The number of aliphatic hydroxyl groups excluding tert-OH is 1. The lowest BCUT2D eigenvalue weighted by Gasteiger charge is -2.37. The number of amides is 1. The first kappa shape index (κ1) is 18.7. The van der Waals surface area contributed by atoms with Gasteiger partial charge in [-0.3, -0.25) is 4.79 Å². The molecule has 134 valence electrons. The van der Waals surface area contributed by atoms with Crippen LogP contribution in [0, 0.1) is 17.3 Å². The van der Waals surface area contributed by atoms with Crippen molar-refractivity contribution < 1.29 is 9.90 Å². The van der Waals surface area contributed by atoms with Crippen molar-refractivity contribution in [3.05, 3.63) is 0 Å². The first-order valence-electron chi connectivity index (χ1n) is 9.49. The minimum atomic E-state index is -0.0527. The van der Waals surface area contributed by atoms with Gasteiger partial charge in [-0.1, -0.05) is 34.1 Å². The van der Waals surface area contributed by atoms with Crippen LogP contribution in [-0.2, 0) is 4.79 Å². The molecule has 2 aliphatic rings. The van der Waals surface area contributed by atoms with E-state index in [1.165, 1.54) is 19.3 Å². The van der Waals surface area contributed by atoms with E-state index in [-0.39, 0.29) is 18.6 Å². The Hall–Kier alpha value is -0.610. The number of piperidine rings is 1. The molecule has 1 heterocycles. The van der Waals surface area contributed by atoms with Crippen LogP contribution in [0.1, 0.15) is 66.2 Å². The third kappa shape index (κ3) is 4.93. The summed E-state index contributed by atoms with van der Waals surface area (Å²) in [5.41, 5.74) is 0.291. The SMILES string of the molecule is CC(C)C[C@@H](N[C@H]1CCCC1(C)C)C(=O)N1CCC(CO)CC1. The quantitative estimate of drug-likeness (QED) is 0.790. The van der Waals surface area contributed by atoms with Crippen molar-refractivity contribution in [1.82, 2.24) is 10.2 Å². The number of rotatable bonds is 6. The Kier molecular flexibility index (Phi) is 6.49. The molecule has 23 heavy (non-hydrogen) atoms. The van der Waals surface area contributed by atoms with Gasteiger partial charge in [-0.2, -0.15) is 0 Å². The Bertz CT molecular complexity index is 387. The van der Waals surface area contributed by atoms with E-state index in [0.717, 1.165) is 32.4 Å². The van der Waals surface area contributed by atoms with Crippen LogP contribution in [0.15, 0.2) is 0 Å². The standard InChI is InChI=1S/C19H36N2O2/c1-14(2)12-16(20-17-6-5-9-19(17,3)4)18(23)21-10-7-15(13-22)8-11-21/h14-17,20,22H,5-13H2,1-4H3/t16-,17+/m1/s1. The lowest BCUT2D eigenvalue weighted by Crippen LogP contribution is -2.54. The lowest BCUT2D eigenvalue weighted by atomic mass is 9.86. The van der Waals surface area contributed by atoms with Gasteiger partial charge in [0.15, 0.2) is 0 Å². The molecule has 0 unspecified atom stereocenters. The van der Waals surface area contributed by atoms with E-state index in [1.54, 1.807) is 0 Å². The van der Waals surface area contributed by atoms with Crippen molar-refractivity contribution in [3.8, 4) is 0 Å². The van der Waals surface area contributed by atoms with Crippen LogP contribution < -0.4 is 5.32 Å². The summed E-state index contributed by atoms with van der Waals surface area (Å²) in [4.78, 5) is 15.1. The minimum Gasteiger partial charge on any atom is -0.396 e. The van der Waals surface area contributed by atoms with Gasteiger partial charge in [0.05, 0.1) is 6.04 Å². The number of hydrogen-bond acceptors (Lipinski definition) is 3. The van der Waals surface area contributed by atoms with Crippen molar-refractivity contribution in [2.45, 2.75) is 78.3 Å². The molecular formula is C19H36N2O2. The van der Waals surface area contributed by atoms with E-state index in [4.69, 9.17) is 0 Å². The summed E-state index contributed by atoms with van der Waals surface area (Å²) in [6.07, 6.45) is 6.47. The number of carbonyl (C=O) groups is 1. The number of hydrogen-bond donors (Lipinski definition) is 2. The number of aliphatic hydroxyl groups is 1. The zero-order chi connectivity index (χ0) is 17.0. The van der Waals surface area contributed by atoms with Crippen LogP contribution in [0.4, 0.5) is 0 Å². The van der Waals surface area contributed by atoms with Crippen LogP contribution in [0.25, 0.3) is 0 Å². The average Bonchev–Trinajstić information content (AvgIpc) is 2.84. The molecule has 2 atom stereocenters. The van der Waals surface area contributed by atoms with E-state index in [1.807, 2.05) is 4.90 Å². The van der Waals surface area contributed by atoms with Gasteiger partial charge in [-0.25, -0.2) is 0 Å². The summed E-state index contributed by atoms with van der Waals surface area (Å²) in [5.74, 6) is 1.16. The van der Waals surface area contributed by atoms with E-state index in [0.29, 0.717) is 23.3 Å². The summed E-state index contributed by atoms with van der Waals surface area (Å²) >= 11 is 0. The molecule has 1 amide bonds. The maximum absolute atomic E-state index is 13.0. The fraction of sp³-hybridized carbons (Fsp3) is 0.947. The summed E-state index contributed by atoms with van der Waals surface area (Å²) < 4.78 is 0. The van der Waals surface area contributed by atoms with Crippen molar-refractivity contribution >= 4 is 5.91 Å². The maximum atomic E-state index is 13.0. The topological polar surface area (TPSA) is 52.6 Å². The monoisotopic (exact) mass is 324 g/mol. The van der Waals surface area contributed by atoms with Crippen LogP contribution in [0.3, 0.4) is 0 Å². The molecule has 2 N–H and O–H groups in total. The van der Waals surface area contributed by atoms with Gasteiger partial charge in [0.1, 0.15) is 0 Å². The summed E-state index contributed by atoms with van der Waals surface area (Å²) in [5, 5.41) is 13.0. The molecule has 4 nitrogen and oxygen atoms in total. The highest BCUT2D eigenvalue weighted by Gasteiger charge is 2.38. The molecule has 2 rings (SSSR count). The highest BCUT2D eigenvalue weighted by molar-refractivity contribution is 5.82. The largest absolute Gasteiger partial charge is 0.396 e. The molecule has 0 aromatic rings. The Labute approximate surface area is 142 Å². The Morgan fingerprint density at radius 2 is 1.91 bits per heavy atom. The third-order valence-corrected chi connectivity index (χ3v) is 5.85. The molecule has 0 radical (unpaired) electrons. The Morgan fingerprint density at radius 3 is 2.39 bits per heavy atom. The first-order chi connectivity index (χ1) is 10.8. The molecule has 4 heteroatoms. The fourth-order valence-electron chi connectivity index (χ4n) is 4.15. The van der Waals surface area contributed by atoms with Gasteiger partial charge in [-0.15, -0.1) is 0 Å². The fourth-order valence-corrected chi connectivity index (χ4v) is 4.15. The number of carbonyl (C=O) groups excluding carboxylic acids is 1. The van der Waals surface area contributed by atoms with Gasteiger partial charge < -0.3 is 15.3 Å². The minimum absolute atomic E-state index is 0.0527. The van der Waals surface area contributed by atoms with Crippen LogP contribution in [0.5, 0.6) is 0 Å². The number of likely N-dealkylation sites (tertiary alicyclic amines) is 1. The first-order valence-corrected chi connectivity index (χ1v) is 9.49. The molecular weight excluding hydrogens is 288 g/mol. The Morgan fingerprint density at radius 1 is 1.26 bits per heavy atom. The third-order valence-electron chi connectivity index (χ3n) is 5.85. The number of nitrogens with one attached hydrogen (secondary N) is 1. The van der Waals surface area contributed by atoms with Gasteiger partial charge in [0.2, 0.25) is 5.91 Å². The second-order valence-electron chi connectivity index (χ2n) is 8.73. The molecule has 0 bridgehead atoms. The van der Waals surface area contributed by atoms with E-state index >= 15 is 0 Å². The van der Waals surface area contributed by atoms with Crippen molar-refractivity contribution in [3.63, 3.8) is 0 Å². The maximum Gasteiger partial charge on any atom is 0.239 e. The van der Waals surface area contributed by atoms with Crippen molar-refractivity contribution in [1.29, 1.82) is 0 Å². The zero-order valence-electron chi connectivity index (χ0n) is 15.5. The molecule has 0 aromatic heterocycles. The second-order valence-corrected chi connectivity index (χ2v) is 8.73. The predicted molar refractivity (Wildman–Crippen MR) is 94.2 cm³/mol. The van der Waals surface area contributed by atoms with Gasteiger partial charge in [-0.05, 0) is 49.4 Å². The van der Waals surface area contributed by atoms with Crippen molar-refractivity contribution in [2.24, 2.45) is 17.3 Å². The summed E-state index contributed by atoms with van der Waals surface area (Å²) in [6, 6.07) is 0.397. The van der Waals surface area contributed by atoms with Gasteiger partial charge in [0.25, 0.3) is 0 Å². The molecule has 1 saturated heterocycles.